The van der Waals surface area contributed by atoms with Crippen molar-refractivity contribution in [3.8, 4) is 11.6 Å². The highest BCUT2D eigenvalue weighted by molar-refractivity contribution is 9.11. The Morgan fingerprint density at radius 2 is 2.00 bits per heavy atom. The molecule has 0 saturated carbocycles. The molecule has 7 heteroatoms. The maximum absolute atomic E-state index is 5.90. The molecular weight excluding hydrogens is 403 g/mol. The highest BCUT2D eigenvalue weighted by Crippen LogP contribution is 2.32. The van der Waals surface area contributed by atoms with Crippen LogP contribution < -0.4 is 4.74 Å². The van der Waals surface area contributed by atoms with E-state index in [4.69, 9.17) is 16.3 Å². The molecule has 0 N–H and O–H groups in total. The number of thioether (sulfide) groups is 1. The predicted molar refractivity (Wildman–Crippen MR) is 80.7 cm³/mol. The molecule has 0 unspecified atom stereocenters. The fourth-order valence-corrected chi connectivity index (χ4v) is 2.91. The molecule has 0 aliphatic carbocycles. The Kier molecular flexibility index (Phi) is 4.89. The van der Waals surface area contributed by atoms with Gasteiger partial charge in [0.2, 0.25) is 5.88 Å². The summed E-state index contributed by atoms with van der Waals surface area (Å²) >= 11 is 14.1. The fourth-order valence-electron chi connectivity index (χ4n) is 1.19. The third-order valence-electron chi connectivity index (χ3n) is 1.94. The molecular formula is C11H7Br2ClN2OS. The minimum Gasteiger partial charge on any atom is -0.438 e. The van der Waals surface area contributed by atoms with Gasteiger partial charge in [0.1, 0.15) is 10.9 Å². The van der Waals surface area contributed by atoms with E-state index in [0.717, 1.165) is 8.95 Å². The van der Waals surface area contributed by atoms with Gasteiger partial charge in [0.05, 0.1) is 4.47 Å². The summed E-state index contributed by atoms with van der Waals surface area (Å²) < 4.78 is 7.47. The lowest BCUT2D eigenvalue weighted by molar-refractivity contribution is 0.453. The van der Waals surface area contributed by atoms with Crippen molar-refractivity contribution in [3.63, 3.8) is 0 Å². The van der Waals surface area contributed by atoms with Gasteiger partial charge in [-0.3, -0.25) is 0 Å². The highest BCUT2D eigenvalue weighted by atomic mass is 79.9. The van der Waals surface area contributed by atoms with Crippen molar-refractivity contribution in [2.45, 2.75) is 5.16 Å². The highest BCUT2D eigenvalue weighted by Gasteiger charge is 2.07. The van der Waals surface area contributed by atoms with Gasteiger partial charge in [0.15, 0.2) is 5.16 Å². The number of rotatable bonds is 3. The molecule has 1 aromatic carbocycles. The minimum atomic E-state index is 0.359. The van der Waals surface area contributed by atoms with Crippen LogP contribution in [0.2, 0.25) is 5.15 Å². The zero-order valence-electron chi connectivity index (χ0n) is 9.15. The summed E-state index contributed by atoms with van der Waals surface area (Å²) in [5.41, 5.74) is 0. The summed E-state index contributed by atoms with van der Waals surface area (Å²) in [5, 5.41) is 0.934. The Morgan fingerprint density at radius 1 is 1.22 bits per heavy atom. The number of ether oxygens (including phenoxy) is 1. The van der Waals surface area contributed by atoms with Gasteiger partial charge in [-0.25, -0.2) is 4.98 Å². The van der Waals surface area contributed by atoms with Gasteiger partial charge in [-0.15, -0.1) is 0 Å². The van der Waals surface area contributed by atoms with Crippen molar-refractivity contribution in [3.05, 3.63) is 38.4 Å². The van der Waals surface area contributed by atoms with Crippen LogP contribution in [0.1, 0.15) is 0 Å². The number of hydrogen-bond donors (Lipinski definition) is 0. The Hall–Kier alpha value is -0.300. The number of benzene rings is 1. The van der Waals surface area contributed by atoms with Crippen LogP contribution in [0.5, 0.6) is 11.6 Å². The Morgan fingerprint density at radius 3 is 2.67 bits per heavy atom. The summed E-state index contributed by atoms with van der Waals surface area (Å²) in [5.74, 6) is 1.09. The number of halogens is 3. The second-order valence-corrected chi connectivity index (χ2v) is 6.12. The smallest absolute Gasteiger partial charge is 0.224 e. The van der Waals surface area contributed by atoms with Crippen LogP contribution in [0, 0.1) is 0 Å². The first-order valence-corrected chi connectivity index (χ1v) is 7.99. The molecule has 0 radical (unpaired) electrons. The van der Waals surface area contributed by atoms with Crippen molar-refractivity contribution >= 4 is 55.2 Å². The minimum absolute atomic E-state index is 0.359. The van der Waals surface area contributed by atoms with Crippen LogP contribution >= 0.6 is 55.2 Å². The quantitative estimate of drug-likeness (QED) is 0.397. The molecule has 94 valence electrons. The molecule has 0 bridgehead atoms. The second-order valence-electron chi connectivity index (χ2n) is 3.19. The van der Waals surface area contributed by atoms with E-state index >= 15 is 0 Å². The van der Waals surface area contributed by atoms with Crippen molar-refractivity contribution in [1.29, 1.82) is 0 Å². The first-order chi connectivity index (χ1) is 8.58. The summed E-state index contributed by atoms with van der Waals surface area (Å²) in [6, 6.07) is 7.20. The lowest BCUT2D eigenvalue weighted by Gasteiger charge is -2.08. The summed E-state index contributed by atoms with van der Waals surface area (Å²) in [6.45, 7) is 0. The SMILES string of the molecule is CSc1nc(Cl)cc(Oc2ccc(Br)cc2Br)n1. The van der Waals surface area contributed by atoms with E-state index in [1.54, 1.807) is 6.07 Å². The molecule has 3 nitrogen and oxygen atoms in total. The van der Waals surface area contributed by atoms with Gasteiger partial charge in [-0.05, 0) is 40.4 Å². The van der Waals surface area contributed by atoms with E-state index in [9.17, 15) is 0 Å². The molecule has 0 atom stereocenters. The van der Waals surface area contributed by atoms with Crippen molar-refractivity contribution in [2.24, 2.45) is 0 Å². The normalized spacial score (nSPS) is 10.4. The Balaban J connectivity index is 2.30. The summed E-state index contributed by atoms with van der Waals surface area (Å²) in [7, 11) is 0. The molecule has 18 heavy (non-hydrogen) atoms. The molecule has 1 aromatic heterocycles. The zero-order chi connectivity index (χ0) is 13.1. The van der Waals surface area contributed by atoms with Gasteiger partial charge in [-0.1, -0.05) is 39.3 Å². The van der Waals surface area contributed by atoms with Crippen LogP contribution in [-0.4, -0.2) is 16.2 Å². The number of aromatic nitrogens is 2. The van der Waals surface area contributed by atoms with Gasteiger partial charge in [-0.2, -0.15) is 4.98 Å². The van der Waals surface area contributed by atoms with Gasteiger partial charge in [0.25, 0.3) is 0 Å². The van der Waals surface area contributed by atoms with Crippen LogP contribution in [0.4, 0.5) is 0 Å². The first kappa shape index (κ1) is 14.1. The predicted octanol–water partition coefficient (Wildman–Crippen LogP) is 5.17. The van der Waals surface area contributed by atoms with Crippen molar-refractivity contribution < 1.29 is 4.74 Å². The zero-order valence-corrected chi connectivity index (χ0v) is 13.9. The van der Waals surface area contributed by atoms with Gasteiger partial charge >= 0.3 is 0 Å². The van der Waals surface area contributed by atoms with E-state index in [0.29, 0.717) is 21.9 Å². The molecule has 2 rings (SSSR count). The van der Waals surface area contributed by atoms with Gasteiger partial charge < -0.3 is 4.74 Å². The van der Waals surface area contributed by atoms with E-state index in [1.165, 1.54) is 11.8 Å². The Bertz CT molecular complexity index is 583. The average molecular weight is 411 g/mol. The van der Waals surface area contributed by atoms with Crippen LogP contribution in [0.15, 0.2) is 38.4 Å². The molecule has 2 aromatic rings. The van der Waals surface area contributed by atoms with Crippen molar-refractivity contribution in [1.82, 2.24) is 9.97 Å². The molecule has 0 aliphatic heterocycles. The largest absolute Gasteiger partial charge is 0.438 e. The standard InChI is InChI=1S/C11H7Br2ClN2OS/c1-18-11-15-9(14)5-10(16-11)17-8-3-2-6(12)4-7(8)13/h2-5H,1H3. The number of hydrogen-bond acceptors (Lipinski definition) is 4. The lowest BCUT2D eigenvalue weighted by atomic mass is 10.3. The molecule has 1 heterocycles. The van der Waals surface area contributed by atoms with Crippen LogP contribution in [-0.2, 0) is 0 Å². The molecule has 0 fully saturated rings. The number of nitrogens with zero attached hydrogens (tertiary/aromatic N) is 2. The van der Waals surface area contributed by atoms with E-state index in [1.807, 2.05) is 24.5 Å². The van der Waals surface area contributed by atoms with Crippen molar-refractivity contribution in [2.75, 3.05) is 6.26 Å². The topological polar surface area (TPSA) is 35.0 Å². The third-order valence-corrected chi connectivity index (χ3v) is 3.80. The summed E-state index contributed by atoms with van der Waals surface area (Å²) in [4.78, 5) is 8.27. The van der Waals surface area contributed by atoms with E-state index in [-0.39, 0.29) is 0 Å². The molecule has 0 aliphatic rings. The molecule has 0 saturated heterocycles. The van der Waals surface area contributed by atoms with Gasteiger partial charge in [0, 0.05) is 10.5 Å². The lowest BCUT2D eigenvalue weighted by Crippen LogP contribution is -1.93. The van der Waals surface area contributed by atoms with Crippen LogP contribution in [0.3, 0.4) is 0 Å². The average Bonchev–Trinajstić information content (AvgIpc) is 2.32. The molecule has 0 spiro atoms. The fraction of sp³-hybridized carbons (Fsp3) is 0.0909. The third kappa shape index (κ3) is 3.60. The van der Waals surface area contributed by atoms with Crippen LogP contribution in [0.25, 0.3) is 0 Å². The Labute approximate surface area is 131 Å². The first-order valence-electron chi connectivity index (χ1n) is 4.80. The van der Waals surface area contributed by atoms with E-state index in [2.05, 4.69) is 41.8 Å². The monoisotopic (exact) mass is 408 g/mol. The summed E-state index contributed by atoms with van der Waals surface area (Å²) in [6.07, 6.45) is 1.88. The maximum Gasteiger partial charge on any atom is 0.224 e. The second kappa shape index (κ2) is 6.23. The maximum atomic E-state index is 5.90. The molecule has 0 amide bonds. The van der Waals surface area contributed by atoms with E-state index < -0.39 is 0 Å².